The molecule has 0 spiro atoms. The molecule has 1 fully saturated rings. The van der Waals surface area contributed by atoms with Gasteiger partial charge in [0.05, 0.1) is 0 Å². The predicted molar refractivity (Wildman–Crippen MR) is 59.5 cm³/mol. The highest BCUT2D eigenvalue weighted by molar-refractivity contribution is 5.94. The van der Waals surface area contributed by atoms with Crippen molar-refractivity contribution in [1.29, 1.82) is 0 Å². The first-order valence-electron chi connectivity index (χ1n) is 5.49. The van der Waals surface area contributed by atoms with Crippen LogP contribution in [-0.2, 0) is 0 Å². The molecule has 0 radical (unpaired) electrons. The fourth-order valence-electron chi connectivity index (χ4n) is 2.14. The van der Waals surface area contributed by atoms with E-state index in [0.717, 1.165) is 19.4 Å². The van der Waals surface area contributed by atoms with E-state index in [1.807, 2.05) is 0 Å². The molecule has 2 N–H and O–H groups in total. The minimum absolute atomic E-state index is 0.107. The first-order chi connectivity index (χ1) is 7.72. The minimum Gasteiger partial charge on any atom is -0.334 e. The Kier molecular flexibility index (Phi) is 3.19. The van der Waals surface area contributed by atoms with Gasteiger partial charge in [-0.3, -0.25) is 4.79 Å². The van der Waals surface area contributed by atoms with E-state index in [4.69, 9.17) is 5.73 Å². The summed E-state index contributed by atoms with van der Waals surface area (Å²) in [6.45, 7) is 1.19. The summed E-state index contributed by atoms with van der Waals surface area (Å²) < 4.78 is 13.0. The van der Waals surface area contributed by atoms with Gasteiger partial charge in [-0.25, -0.2) is 4.39 Å². The van der Waals surface area contributed by atoms with Gasteiger partial charge in [0.1, 0.15) is 5.82 Å². The van der Waals surface area contributed by atoms with Gasteiger partial charge < -0.3 is 10.6 Å². The van der Waals surface area contributed by atoms with E-state index >= 15 is 0 Å². The van der Waals surface area contributed by atoms with Crippen LogP contribution < -0.4 is 5.73 Å². The first kappa shape index (κ1) is 11.1. The molecule has 1 amide bonds. The molecule has 86 valence electrons. The highest BCUT2D eigenvalue weighted by Crippen LogP contribution is 2.19. The van der Waals surface area contributed by atoms with E-state index in [1.54, 1.807) is 17.0 Å². The van der Waals surface area contributed by atoms with Crippen LogP contribution in [0.15, 0.2) is 24.3 Å². The van der Waals surface area contributed by atoms with Gasteiger partial charge in [0.15, 0.2) is 0 Å². The van der Waals surface area contributed by atoms with E-state index in [0.29, 0.717) is 12.1 Å². The fourth-order valence-corrected chi connectivity index (χ4v) is 2.14. The van der Waals surface area contributed by atoms with Crippen LogP contribution in [-0.4, -0.2) is 29.9 Å². The number of rotatable bonds is 2. The summed E-state index contributed by atoms with van der Waals surface area (Å²) in [6.07, 6.45) is 1.92. The standard InChI is InChI=1S/C12H15FN2O/c13-10-4-1-3-9(7-10)12(16)15-6-2-5-11(15)8-14/h1,3-4,7,11H,2,5-6,8,14H2/t11-/m0/s1. The zero-order valence-corrected chi connectivity index (χ0v) is 9.03. The highest BCUT2D eigenvalue weighted by atomic mass is 19.1. The third-order valence-electron chi connectivity index (χ3n) is 2.98. The van der Waals surface area contributed by atoms with Crippen LogP contribution in [0.1, 0.15) is 23.2 Å². The zero-order valence-electron chi connectivity index (χ0n) is 9.03. The van der Waals surface area contributed by atoms with Gasteiger partial charge in [-0.1, -0.05) is 6.07 Å². The lowest BCUT2D eigenvalue weighted by Crippen LogP contribution is -2.39. The lowest BCUT2D eigenvalue weighted by molar-refractivity contribution is 0.0740. The topological polar surface area (TPSA) is 46.3 Å². The SMILES string of the molecule is NC[C@@H]1CCCN1C(=O)c1cccc(F)c1. The van der Waals surface area contributed by atoms with Crippen molar-refractivity contribution in [3.05, 3.63) is 35.6 Å². The molecule has 0 aliphatic carbocycles. The number of hydrogen-bond acceptors (Lipinski definition) is 2. The molecule has 1 heterocycles. The maximum atomic E-state index is 13.0. The Balaban J connectivity index is 2.18. The Hall–Kier alpha value is -1.42. The van der Waals surface area contributed by atoms with Crippen LogP contribution in [0.5, 0.6) is 0 Å². The summed E-state index contributed by atoms with van der Waals surface area (Å²) in [6, 6.07) is 5.90. The number of likely N-dealkylation sites (tertiary alicyclic amines) is 1. The summed E-state index contributed by atoms with van der Waals surface area (Å²) >= 11 is 0. The average Bonchev–Trinajstić information content (AvgIpc) is 2.76. The molecule has 16 heavy (non-hydrogen) atoms. The molecular formula is C12H15FN2O. The monoisotopic (exact) mass is 222 g/mol. The van der Waals surface area contributed by atoms with Crippen LogP contribution in [0, 0.1) is 5.82 Å². The molecule has 1 aliphatic heterocycles. The van der Waals surface area contributed by atoms with Gasteiger partial charge >= 0.3 is 0 Å². The largest absolute Gasteiger partial charge is 0.334 e. The minimum atomic E-state index is -0.380. The third-order valence-corrected chi connectivity index (χ3v) is 2.98. The molecule has 1 saturated heterocycles. The second-order valence-corrected chi connectivity index (χ2v) is 4.04. The van der Waals surface area contributed by atoms with E-state index in [2.05, 4.69) is 0 Å². The normalized spacial score (nSPS) is 20.1. The number of carbonyl (C=O) groups is 1. The fraction of sp³-hybridized carbons (Fsp3) is 0.417. The first-order valence-corrected chi connectivity index (χ1v) is 5.49. The third kappa shape index (κ3) is 2.07. The van der Waals surface area contributed by atoms with E-state index < -0.39 is 0 Å². The molecule has 2 rings (SSSR count). The summed E-state index contributed by atoms with van der Waals surface area (Å²) in [5, 5.41) is 0. The molecular weight excluding hydrogens is 207 g/mol. The molecule has 0 saturated carbocycles. The molecule has 0 unspecified atom stereocenters. The van der Waals surface area contributed by atoms with Crippen LogP contribution >= 0.6 is 0 Å². The molecule has 1 aliphatic rings. The molecule has 1 atom stereocenters. The van der Waals surface area contributed by atoms with Crippen molar-refractivity contribution in [2.45, 2.75) is 18.9 Å². The van der Waals surface area contributed by atoms with Crippen molar-refractivity contribution in [1.82, 2.24) is 4.90 Å². The van der Waals surface area contributed by atoms with Gasteiger partial charge in [0.2, 0.25) is 0 Å². The Bertz CT molecular complexity index is 394. The molecule has 4 heteroatoms. The number of amides is 1. The highest BCUT2D eigenvalue weighted by Gasteiger charge is 2.28. The lowest BCUT2D eigenvalue weighted by Gasteiger charge is -2.23. The maximum absolute atomic E-state index is 13.0. The van der Waals surface area contributed by atoms with Crippen molar-refractivity contribution in [2.75, 3.05) is 13.1 Å². The van der Waals surface area contributed by atoms with Gasteiger partial charge in [0.25, 0.3) is 5.91 Å². The summed E-state index contributed by atoms with van der Waals surface area (Å²) in [5.74, 6) is -0.498. The van der Waals surface area contributed by atoms with E-state index in [9.17, 15) is 9.18 Å². The maximum Gasteiger partial charge on any atom is 0.254 e. The second-order valence-electron chi connectivity index (χ2n) is 4.04. The Morgan fingerprint density at radius 2 is 2.38 bits per heavy atom. The lowest BCUT2D eigenvalue weighted by atomic mass is 10.1. The van der Waals surface area contributed by atoms with Gasteiger partial charge in [-0.2, -0.15) is 0 Å². The van der Waals surface area contributed by atoms with Crippen molar-refractivity contribution in [3.8, 4) is 0 Å². The number of hydrogen-bond donors (Lipinski definition) is 1. The molecule has 0 aromatic heterocycles. The van der Waals surface area contributed by atoms with Gasteiger partial charge in [0, 0.05) is 24.7 Å². The second kappa shape index (κ2) is 4.61. The number of nitrogens with two attached hydrogens (primary N) is 1. The van der Waals surface area contributed by atoms with Crippen molar-refractivity contribution >= 4 is 5.91 Å². The van der Waals surface area contributed by atoms with Crippen molar-refractivity contribution in [3.63, 3.8) is 0 Å². The number of nitrogens with zero attached hydrogens (tertiary/aromatic N) is 1. The van der Waals surface area contributed by atoms with Gasteiger partial charge in [-0.15, -0.1) is 0 Å². The predicted octanol–water partition coefficient (Wildman–Crippen LogP) is 1.39. The summed E-state index contributed by atoms with van der Waals surface area (Å²) in [7, 11) is 0. The van der Waals surface area contributed by atoms with E-state index in [-0.39, 0.29) is 17.8 Å². The van der Waals surface area contributed by atoms with Crippen LogP contribution in [0.4, 0.5) is 4.39 Å². The Morgan fingerprint density at radius 3 is 3.06 bits per heavy atom. The summed E-state index contributed by atoms with van der Waals surface area (Å²) in [4.78, 5) is 13.8. The Labute approximate surface area is 94.0 Å². The molecule has 1 aromatic rings. The Morgan fingerprint density at radius 1 is 1.56 bits per heavy atom. The molecule has 0 bridgehead atoms. The number of benzene rings is 1. The van der Waals surface area contributed by atoms with Crippen LogP contribution in [0.25, 0.3) is 0 Å². The number of carbonyl (C=O) groups excluding carboxylic acids is 1. The van der Waals surface area contributed by atoms with Crippen molar-refractivity contribution < 1.29 is 9.18 Å². The molecule has 1 aromatic carbocycles. The van der Waals surface area contributed by atoms with E-state index in [1.165, 1.54) is 12.1 Å². The van der Waals surface area contributed by atoms with Crippen LogP contribution in [0.3, 0.4) is 0 Å². The number of halogens is 1. The quantitative estimate of drug-likeness (QED) is 0.822. The summed E-state index contributed by atoms with van der Waals surface area (Å²) in [5.41, 5.74) is 6.01. The molecule has 3 nitrogen and oxygen atoms in total. The van der Waals surface area contributed by atoms with Gasteiger partial charge in [-0.05, 0) is 31.0 Å². The smallest absolute Gasteiger partial charge is 0.254 e. The van der Waals surface area contributed by atoms with Crippen LogP contribution in [0.2, 0.25) is 0 Å². The zero-order chi connectivity index (χ0) is 11.5. The average molecular weight is 222 g/mol. The van der Waals surface area contributed by atoms with Crippen molar-refractivity contribution in [2.24, 2.45) is 5.73 Å².